The Morgan fingerprint density at radius 3 is 2.55 bits per heavy atom. The Balaban J connectivity index is 2.15. The molecule has 0 amide bonds. The summed E-state index contributed by atoms with van der Waals surface area (Å²) >= 11 is 0. The lowest BCUT2D eigenvalue weighted by Gasteiger charge is -2.22. The quantitative estimate of drug-likeness (QED) is 0.802. The van der Waals surface area contributed by atoms with E-state index < -0.39 is 0 Å². The van der Waals surface area contributed by atoms with E-state index in [1.807, 2.05) is 30.3 Å². The summed E-state index contributed by atoms with van der Waals surface area (Å²) in [6, 6.07) is 15.6. The second-order valence-electron chi connectivity index (χ2n) is 4.29. The van der Waals surface area contributed by atoms with Gasteiger partial charge in [0.2, 0.25) is 0 Å². The number of hydrogen-bond donors (Lipinski definition) is 0. The monoisotopic (exact) mass is 268 g/mol. The summed E-state index contributed by atoms with van der Waals surface area (Å²) in [6.45, 7) is 2.05. The van der Waals surface area contributed by atoms with E-state index in [-0.39, 0.29) is 0 Å². The van der Waals surface area contributed by atoms with E-state index in [9.17, 15) is 0 Å². The van der Waals surface area contributed by atoms with Gasteiger partial charge in [-0.1, -0.05) is 30.3 Å². The first-order valence-electron chi connectivity index (χ1n) is 6.35. The van der Waals surface area contributed by atoms with E-state index in [4.69, 9.17) is 10.00 Å². The molecule has 0 aliphatic heterocycles. The summed E-state index contributed by atoms with van der Waals surface area (Å²) in [4.78, 5) is 2.08. The minimum Gasteiger partial charge on any atom is -0.383 e. The van der Waals surface area contributed by atoms with Crippen molar-refractivity contribution in [3.63, 3.8) is 0 Å². The average Bonchev–Trinajstić information content (AvgIpc) is 2.52. The highest BCUT2D eigenvalue weighted by Crippen LogP contribution is 2.13. The van der Waals surface area contributed by atoms with Gasteiger partial charge in [-0.2, -0.15) is 5.26 Å². The molecule has 1 heterocycles. The van der Waals surface area contributed by atoms with E-state index in [0.29, 0.717) is 18.8 Å². The van der Waals surface area contributed by atoms with Gasteiger partial charge in [-0.3, -0.25) is 0 Å². The lowest BCUT2D eigenvalue weighted by atomic mass is 10.2. The van der Waals surface area contributed by atoms with Crippen molar-refractivity contribution < 1.29 is 4.74 Å². The number of hydrogen-bond acceptors (Lipinski definition) is 5. The third-order valence-corrected chi connectivity index (χ3v) is 2.87. The van der Waals surface area contributed by atoms with Gasteiger partial charge in [0.15, 0.2) is 11.5 Å². The first kappa shape index (κ1) is 14.0. The normalized spacial score (nSPS) is 10.0. The maximum atomic E-state index is 8.76. The third-order valence-electron chi connectivity index (χ3n) is 2.87. The molecule has 1 aromatic carbocycles. The molecule has 0 spiro atoms. The molecular formula is C15H16N4O. The summed E-state index contributed by atoms with van der Waals surface area (Å²) in [5, 5.41) is 16.7. The predicted molar refractivity (Wildman–Crippen MR) is 76.1 cm³/mol. The van der Waals surface area contributed by atoms with Crippen molar-refractivity contribution in [3.8, 4) is 6.07 Å². The summed E-state index contributed by atoms with van der Waals surface area (Å²) in [7, 11) is 1.67. The van der Waals surface area contributed by atoms with Crippen LogP contribution in [0.15, 0.2) is 42.5 Å². The zero-order valence-electron chi connectivity index (χ0n) is 11.4. The van der Waals surface area contributed by atoms with Gasteiger partial charge in [0.05, 0.1) is 6.61 Å². The molecule has 0 aliphatic carbocycles. The summed E-state index contributed by atoms with van der Waals surface area (Å²) in [5.74, 6) is 0.741. The molecule has 0 radical (unpaired) electrons. The standard InChI is InChI=1S/C15H16N4O/c1-20-10-9-19(12-13-5-3-2-4-6-13)15-8-7-14(11-16)17-18-15/h2-8H,9-10,12H2,1H3. The van der Waals surface area contributed by atoms with Gasteiger partial charge >= 0.3 is 0 Å². The molecule has 0 bridgehead atoms. The number of ether oxygens (including phenoxy) is 1. The van der Waals surface area contributed by atoms with Gasteiger partial charge in [-0.15, -0.1) is 10.2 Å². The fraction of sp³-hybridized carbons (Fsp3) is 0.267. The zero-order valence-corrected chi connectivity index (χ0v) is 11.4. The van der Waals surface area contributed by atoms with E-state index >= 15 is 0 Å². The molecule has 0 atom stereocenters. The molecule has 5 nitrogen and oxygen atoms in total. The highest BCUT2D eigenvalue weighted by atomic mass is 16.5. The van der Waals surface area contributed by atoms with Crippen LogP contribution in [0.3, 0.4) is 0 Å². The van der Waals surface area contributed by atoms with Crippen LogP contribution in [0.4, 0.5) is 5.82 Å². The molecule has 2 rings (SSSR count). The topological polar surface area (TPSA) is 62.0 Å². The van der Waals surface area contributed by atoms with Crippen LogP contribution in [0.2, 0.25) is 0 Å². The number of nitriles is 1. The molecule has 5 heteroatoms. The fourth-order valence-electron chi connectivity index (χ4n) is 1.83. The van der Waals surface area contributed by atoms with Crippen LogP contribution in [0, 0.1) is 11.3 Å². The molecule has 0 N–H and O–H groups in total. The van der Waals surface area contributed by atoms with Crippen LogP contribution in [0.25, 0.3) is 0 Å². The van der Waals surface area contributed by atoms with Crippen LogP contribution in [-0.2, 0) is 11.3 Å². The van der Waals surface area contributed by atoms with Crippen LogP contribution < -0.4 is 4.90 Å². The Hall–Kier alpha value is -2.45. The Labute approximate surface area is 118 Å². The molecule has 102 valence electrons. The van der Waals surface area contributed by atoms with E-state index in [1.165, 1.54) is 5.56 Å². The molecule has 0 saturated carbocycles. The maximum Gasteiger partial charge on any atom is 0.163 e. The smallest absolute Gasteiger partial charge is 0.163 e. The summed E-state index contributed by atoms with van der Waals surface area (Å²) < 4.78 is 5.13. The molecule has 0 saturated heterocycles. The maximum absolute atomic E-state index is 8.76. The van der Waals surface area contributed by atoms with E-state index in [1.54, 1.807) is 13.2 Å². The number of anilines is 1. The van der Waals surface area contributed by atoms with Crippen molar-refractivity contribution in [1.29, 1.82) is 5.26 Å². The summed E-state index contributed by atoms with van der Waals surface area (Å²) in [6.07, 6.45) is 0. The lowest BCUT2D eigenvalue weighted by Crippen LogP contribution is -2.27. The molecule has 0 fully saturated rings. The van der Waals surface area contributed by atoms with Crippen LogP contribution in [-0.4, -0.2) is 30.5 Å². The molecule has 2 aromatic rings. The second kappa shape index (κ2) is 7.22. The first-order valence-corrected chi connectivity index (χ1v) is 6.35. The number of aromatic nitrogens is 2. The lowest BCUT2D eigenvalue weighted by molar-refractivity contribution is 0.204. The van der Waals surface area contributed by atoms with Gasteiger partial charge in [0.25, 0.3) is 0 Å². The Bertz CT molecular complexity index is 563. The van der Waals surface area contributed by atoms with Crippen molar-refractivity contribution in [2.24, 2.45) is 0 Å². The number of methoxy groups -OCH3 is 1. The number of benzene rings is 1. The second-order valence-corrected chi connectivity index (χ2v) is 4.29. The SMILES string of the molecule is COCCN(Cc1ccccc1)c1ccc(C#N)nn1. The average molecular weight is 268 g/mol. The van der Waals surface area contributed by atoms with Crippen molar-refractivity contribution in [2.45, 2.75) is 6.54 Å². The number of nitrogens with zero attached hydrogens (tertiary/aromatic N) is 4. The van der Waals surface area contributed by atoms with Crippen molar-refractivity contribution in [1.82, 2.24) is 10.2 Å². The molecule has 0 aliphatic rings. The minimum absolute atomic E-state index is 0.320. The highest BCUT2D eigenvalue weighted by molar-refractivity contribution is 5.40. The Kier molecular flexibility index (Phi) is 5.04. The molecule has 1 aromatic heterocycles. The van der Waals surface area contributed by atoms with Crippen LogP contribution in [0.5, 0.6) is 0 Å². The predicted octanol–water partition coefficient (Wildman–Crippen LogP) is 2.00. The first-order chi connectivity index (χ1) is 9.83. The Morgan fingerprint density at radius 2 is 1.95 bits per heavy atom. The molecule has 20 heavy (non-hydrogen) atoms. The third kappa shape index (κ3) is 3.77. The van der Waals surface area contributed by atoms with Gasteiger partial charge in [0, 0.05) is 20.2 Å². The van der Waals surface area contributed by atoms with Crippen molar-refractivity contribution in [3.05, 3.63) is 53.7 Å². The minimum atomic E-state index is 0.320. The molecular weight excluding hydrogens is 252 g/mol. The molecule has 0 unspecified atom stereocenters. The Morgan fingerprint density at radius 1 is 1.15 bits per heavy atom. The van der Waals surface area contributed by atoms with Gasteiger partial charge < -0.3 is 9.64 Å². The van der Waals surface area contributed by atoms with Gasteiger partial charge in [-0.05, 0) is 17.7 Å². The summed E-state index contributed by atoms with van der Waals surface area (Å²) in [5.41, 5.74) is 1.51. The number of rotatable bonds is 6. The van der Waals surface area contributed by atoms with Crippen LogP contribution >= 0.6 is 0 Å². The largest absolute Gasteiger partial charge is 0.383 e. The van der Waals surface area contributed by atoms with Crippen LogP contribution in [0.1, 0.15) is 11.3 Å². The fourth-order valence-corrected chi connectivity index (χ4v) is 1.83. The zero-order chi connectivity index (χ0) is 14.2. The van der Waals surface area contributed by atoms with Gasteiger partial charge in [0.1, 0.15) is 6.07 Å². The van der Waals surface area contributed by atoms with Gasteiger partial charge in [-0.25, -0.2) is 0 Å². The van der Waals surface area contributed by atoms with Crippen molar-refractivity contribution >= 4 is 5.82 Å². The van der Waals surface area contributed by atoms with Crippen molar-refractivity contribution in [2.75, 3.05) is 25.2 Å². The van der Waals surface area contributed by atoms with E-state index in [2.05, 4.69) is 27.2 Å². The highest BCUT2D eigenvalue weighted by Gasteiger charge is 2.09. The van der Waals surface area contributed by atoms with E-state index in [0.717, 1.165) is 12.4 Å².